The van der Waals surface area contributed by atoms with Crippen LogP contribution >= 0.6 is 0 Å². The van der Waals surface area contributed by atoms with Gasteiger partial charge in [0, 0.05) is 42.2 Å². The van der Waals surface area contributed by atoms with Crippen LogP contribution in [0.15, 0.2) is 41.6 Å². The fraction of sp³-hybridized carbons (Fsp3) is 0.471. The largest absolute Gasteiger partial charge is 0.384 e. The minimum Gasteiger partial charge on any atom is -0.384 e. The Balaban J connectivity index is 1.85. The van der Waals surface area contributed by atoms with E-state index in [0.29, 0.717) is 23.4 Å². The van der Waals surface area contributed by atoms with Crippen molar-refractivity contribution in [3.8, 4) is 0 Å². The maximum atomic E-state index is 12.8. The highest BCUT2D eigenvalue weighted by Gasteiger charge is 2.33. The van der Waals surface area contributed by atoms with E-state index in [1.54, 1.807) is 37.7 Å². The lowest BCUT2D eigenvalue weighted by Crippen LogP contribution is -2.47. The molecule has 6 nitrogen and oxygen atoms in total. The lowest BCUT2D eigenvalue weighted by molar-refractivity contribution is 0.0577. The number of piperidine rings is 1. The molecular weight excluding hydrogens is 326 g/mol. The van der Waals surface area contributed by atoms with Crippen LogP contribution in [0.4, 0.5) is 0 Å². The van der Waals surface area contributed by atoms with Crippen LogP contribution in [0.3, 0.4) is 0 Å². The molecule has 3 rings (SSSR count). The number of methoxy groups -OCH3 is 1. The summed E-state index contributed by atoms with van der Waals surface area (Å²) < 4.78 is 33.9. The van der Waals surface area contributed by atoms with E-state index in [2.05, 4.69) is 15.0 Å². The van der Waals surface area contributed by atoms with Crippen LogP contribution in [0, 0.1) is 5.41 Å². The topological polar surface area (TPSA) is 80.3 Å². The zero-order valence-corrected chi connectivity index (χ0v) is 14.6. The van der Waals surface area contributed by atoms with Crippen molar-refractivity contribution in [3.63, 3.8) is 0 Å². The van der Waals surface area contributed by atoms with Crippen LogP contribution in [0.2, 0.25) is 0 Å². The lowest BCUT2D eigenvalue weighted by atomic mass is 9.80. The molecule has 2 N–H and O–H groups in total. The Kier molecular flexibility index (Phi) is 5.15. The SMILES string of the molecule is COCC1(CNS(=O)(=O)c2cccc3cnccc23)CCNCC1. The fourth-order valence-corrected chi connectivity index (χ4v) is 4.67. The van der Waals surface area contributed by atoms with E-state index in [0.717, 1.165) is 31.3 Å². The summed E-state index contributed by atoms with van der Waals surface area (Å²) in [5, 5.41) is 4.81. The van der Waals surface area contributed by atoms with Gasteiger partial charge in [-0.15, -0.1) is 0 Å². The van der Waals surface area contributed by atoms with Crippen LogP contribution in [0.25, 0.3) is 10.8 Å². The zero-order valence-electron chi connectivity index (χ0n) is 13.8. The van der Waals surface area contributed by atoms with E-state index in [1.807, 2.05) is 6.07 Å². The second kappa shape index (κ2) is 7.14. The van der Waals surface area contributed by atoms with Gasteiger partial charge in [0.1, 0.15) is 0 Å². The monoisotopic (exact) mass is 349 g/mol. The van der Waals surface area contributed by atoms with Gasteiger partial charge in [0.15, 0.2) is 0 Å². The molecule has 7 heteroatoms. The number of benzene rings is 1. The third kappa shape index (κ3) is 3.59. The number of hydrogen-bond donors (Lipinski definition) is 2. The van der Waals surface area contributed by atoms with E-state index in [9.17, 15) is 8.42 Å². The van der Waals surface area contributed by atoms with Crippen molar-refractivity contribution in [2.45, 2.75) is 17.7 Å². The summed E-state index contributed by atoms with van der Waals surface area (Å²) in [6.07, 6.45) is 5.07. The van der Waals surface area contributed by atoms with Crippen LogP contribution in [-0.2, 0) is 14.8 Å². The molecule has 0 unspecified atom stereocenters. The fourth-order valence-electron chi connectivity index (χ4n) is 3.29. The molecule has 0 bridgehead atoms. The molecule has 0 saturated carbocycles. The highest BCUT2D eigenvalue weighted by atomic mass is 32.2. The van der Waals surface area contributed by atoms with Crippen LogP contribution in [-0.4, -0.2) is 46.8 Å². The number of rotatable bonds is 6. The molecule has 1 fully saturated rings. The minimum absolute atomic E-state index is 0.154. The minimum atomic E-state index is -3.60. The van der Waals surface area contributed by atoms with Gasteiger partial charge in [-0.3, -0.25) is 4.98 Å². The van der Waals surface area contributed by atoms with E-state index < -0.39 is 10.0 Å². The molecule has 2 heterocycles. The van der Waals surface area contributed by atoms with Gasteiger partial charge >= 0.3 is 0 Å². The van der Waals surface area contributed by atoms with Crippen molar-refractivity contribution < 1.29 is 13.2 Å². The Morgan fingerprint density at radius 3 is 2.83 bits per heavy atom. The van der Waals surface area contributed by atoms with Gasteiger partial charge in [-0.1, -0.05) is 12.1 Å². The number of pyridine rings is 1. The molecule has 1 aromatic carbocycles. The predicted molar refractivity (Wildman–Crippen MR) is 93.3 cm³/mol. The lowest BCUT2D eigenvalue weighted by Gasteiger charge is -2.37. The van der Waals surface area contributed by atoms with Gasteiger partial charge in [-0.2, -0.15) is 0 Å². The number of sulfonamides is 1. The summed E-state index contributed by atoms with van der Waals surface area (Å²) >= 11 is 0. The Bertz CT molecular complexity index is 791. The van der Waals surface area contributed by atoms with Gasteiger partial charge in [-0.25, -0.2) is 13.1 Å². The Labute approximate surface area is 142 Å². The summed E-state index contributed by atoms with van der Waals surface area (Å²) in [7, 11) is -1.93. The van der Waals surface area contributed by atoms with Crippen LogP contribution in [0.1, 0.15) is 12.8 Å². The third-order valence-corrected chi connectivity index (χ3v) is 6.14. The van der Waals surface area contributed by atoms with Crippen LogP contribution < -0.4 is 10.0 Å². The number of hydrogen-bond acceptors (Lipinski definition) is 5. The van der Waals surface area contributed by atoms with E-state index in [-0.39, 0.29) is 5.41 Å². The maximum absolute atomic E-state index is 12.8. The first-order chi connectivity index (χ1) is 11.6. The van der Waals surface area contributed by atoms with Gasteiger partial charge in [0.25, 0.3) is 0 Å². The zero-order chi connectivity index (χ0) is 17.0. The van der Waals surface area contributed by atoms with E-state index in [1.165, 1.54) is 0 Å². The standard InChI is InChI=1S/C17H23N3O3S/c1-23-13-17(6-9-18-10-7-17)12-20-24(21,22)16-4-2-3-14-11-19-8-5-15(14)16/h2-5,8,11,18,20H,6-7,9-10,12-13H2,1H3. The average molecular weight is 349 g/mol. The molecule has 0 spiro atoms. The van der Waals surface area contributed by atoms with Crippen molar-refractivity contribution in [2.75, 3.05) is 33.4 Å². The van der Waals surface area contributed by atoms with Gasteiger partial charge < -0.3 is 10.1 Å². The average Bonchev–Trinajstić information content (AvgIpc) is 2.61. The number of nitrogens with zero attached hydrogens (tertiary/aromatic N) is 1. The van der Waals surface area contributed by atoms with E-state index >= 15 is 0 Å². The molecule has 24 heavy (non-hydrogen) atoms. The van der Waals surface area contributed by atoms with Crippen molar-refractivity contribution in [1.29, 1.82) is 0 Å². The first kappa shape index (κ1) is 17.3. The first-order valence-electron chi connectivity index (χ1n) is 8.08. The Hall–Kier alpha value is -1.54. The van der Waals surface area contributed by atoms with Crippen molar-refractivity contribution in [3.05, 3.63) is 36.7 Å². The smallest absolute Gasteiger partial charge is 0.241 e. The number of ether oxygens (including phenoxy) is 1. The highest BCUT2D eigenvalue weighted by molar-refractivity contribution is 7.89. The number of fused-ring (bicyclic) bond motifs is 1. The normalized spacial score (nSPS) is 17.9. The third-order valence-electron chi connectivity index (χ3n) is 4.68. The summed E-state index contributed by atoms with van der Waals surface area (Å²) in [6, 6.07) is 6.98. The second-order valence-electron chi connectivity index (χ2n) is 6.36. The summed E-state index contributed by atoms with van der Waals surface area (Å²) in [5.74, 6) is 0. The summed E-state index contributed by atoms with van der Waals surface area (Å²) in [4.78, 5) is 4.35. The molecule has 0 radical (unpaired) electrons. The Morgan fingerprint density at radius 2 is 2.08 bits per heavy atom. The van der Waals surface area contributed by atoms with Gasteiger partial charge in [0.05, 0.1) is 11.5 Å². The molecule has 0 amide bonds. The molecule has 130 valence electrons. The second-order valence-corrected chi connectivity index (χ2v) is 8.10. The molecule has 1 aromatic heterocycles. The molecule has 2 aromatic rings. The predicted octanol–water partition coefficient (Wildman–Crippen LogP) is 1.53. The van der Waals surface area contributed by atoms with Crippen molar-refractivity contribution >= 4 is 20.8 Å². The number of nitrogens with one attached hydrogen (secondary N) is 2. The van der Waals surface area contributed by atoms with Crippen molar-refractivity contribution in [2.24, 2.45) is 5.41 Å². The van der Waals surface area contributed by atoms with Crippen molar-refractivity contribution in [1.82, 2.24) is 15.0 Å². The molecule has 1 saturated heterocycles. The molecule has 0 aliphatic carbocycles. The van der Waals surface area contributed by atoms with E-state index in [4.69, 9.17) is 4.74 Å². The maximum Gasteiger partial charge on any atom is 0.241 e. The molecule has 0 atom stereocenters. The number of aromatic nitrogens is 1. The van der Waals surface area contributed by atoms with Crippen LogP contribution in [0.5, 0.6) is 0 Å². The first-order valence-corrected chi connectivity index (χ1v) is 9.57. The van der Waals surface area contributed by atoms with Gasteiger partial charge in [0.2, 0.25) is 10.0 Å². The summed E-state index contributed by atoms with van der Waals surface area (Å²) in [5.41, 5.74) is -0.154. The molecular formula is C17H23N3O3S. The van der Waals surface area contributed by atoms with Gasteiger partial charge in [-0.05, 0) is 38.1 Å². The highest BCUT2D eigenvalue weighted by Crippen LogP contribution is 2.29. The quantitative estimate of drug-likeness (QED) is 0.827. The molecule has 1 aliphatic rings. The summed E-state index contributed by atoms with van der Waals surface area (Å²) in [6.45, 7) is 2.69. The Morgan fingerprint density at radius 1 is 1.29 bits per heavy atom. The molecule has 1 aliphatic heterocycles.